The van der Waals surface area contributed by atoms with E-state index in [-0.39, 0.29) is 0 Å². The minimum Gasteiger partial charge on any atom is -0.204 e. The first-order valence-corrected chi connectivity index (χ1v) is 10.7. The highest BCUT2D eigenvalue weighted by atomic mass is 19.2. The van der Waals surface area contributed by atoms with Gasteiger partial charge >= 0.3 is 0 Å². The molecule has 0 aromatic heterocycles. The van der Waals surface area contributed by atoms with Gasteiger partial charge in [-0.1, -0.05) is 31.7 Å². The minimum atomic E-state index is -0.726. The largest absolute Gasteiger partial charge is 0.204 e. The molecule has 0 radical (unpaired) electrons. The van der Waals surface area contributed by atoms with Gasteiger partial charge in [-0.05, 0) is 98.7 Å². The van der Waals surface area contributed by atoms with Crippen LogP contribution in [0, 0.1) is 35.3 Å². The van der Waals surface area contributed by atoms with Crippen molar-refractivity contribution in [2.75, 3.05) is 0 Å². The standard InChI is InChI=1S/C23H32F2/c24-22-14-13-21(15-23(22)25)20-11-9-19(10-12-20)18-7-5-17(6-8-18)16-3-1-2-4-16/h13-20H,1-12H2/t17-,18-,19-,20-. The molecular formula is C23H32F2. The lowest BCUT2D eigenvalue weighted by Crippen LogP contribution is -2.27. The summed E-state index contributed by atoms with van der Waals surface area (Å²) in [4.78, 5) is 0. The smallest absolute Gasteiger partial charge is 0.159 e. The van der Waals surface area contributed by atoms with Crippen molar-refractivity contribution in [3.63, 3.8) is 0 Å². The van der Waals surface area contributed by atoms with Crippen LogP contribution in [-0.4, -0.2) is 0 Å². The average molecular weight is 347 g/mol. The van der Waals surface area contributed by atoms with Crippen LogP contribution < -0.4 is 0 Å². The van der Waals surface area contributed by atoms with Crippen LogP contribution in [0.25, 0.3) is 0 Å². The minimum absolute atomic E-state index is 0.432. The van der Waals surface area contributed by atoms with Gasteiger partial charge in [-0.2, -0.15) is 0 Å². The van der Waals surface area contributed by atoms with Crippen LogP contribution >= 0.6 is 0 Å². The molecule has 0 bridgehead atoms. The Morgan fingerprint density at radius 2 is 1.04 bits per heavy atom. The molecule has 0 amide bonds. The second-order valence-corrected chi connectivity index (χ2v) is 9.00. The van der Waals surface area contributed by atoms with Crippen LogP contribution in [0.15, 0.2) is 18.2 Å². The third-order valence-corrected chi connectivity index (χ3v) is 7.74. The zero-order chi connectivity index (χ0) is 17.2. The molecule has 0 atom stereocenters. The zero-order valence-electron chi connectivity index (χ0n) is 15.4. The summed E-state index contributed by atoms with van der Waals surface area (Å²) in [6.07, 6.45) is 16.6. The van der Waals surface area contributed by atoms with Gasteiger partial charge in [-0.3, -0.25) is 0 Å². The molecule has 0 N–H and O–H groups in total. The summed E-state index contributed by atoms with van der Waals surface area (Å²) in [5.41, 5.74) is 1.00. The van der Waals surface area contributed by atoms with Crippen molar-refractivity contribution >= 4 is 0 Å². The molecule has 25 heavy (non-hydrogen) atoms. The highest BCUT2D eigenvalue weighted by Gasteiger charge is 2.34. The fourth-order valence-electron chi connectivity index (χ4n) is 6.21. The molecule has 138 valence electrons. The second-order valence-electron chi connectivity index (χ2n) is 9.00. The molecule has 0 saturated heterocycles. The molecule has 0 heterocycles. The maximum absolute atomic E-state index is 13.5. The van der Waals surface area contributed by atoms with Gasteiger partial charge in [0.2, 0.25) is 0 Å². The Bertz CT molecular complexity index is 559. The number of benzene rings is 1. The summed E-state index contributed by atoms with van der Waals surface area (Å²) in [6.45, 7) is 0. The van der Waals surface area contributed by atoms with Crippen molar-refractivity contribution in [1.82, 2.24) is 0 Å². The van der Waals surface area contributed by atoms with E-state index in [0.717, 1.165) is 42.1 Å². The molecular weight excluding hydrogens is 314 g/mol. The SMILES string of the molecule is Fc1ccc([C@H]2CC[C@H]([C@H]3CC[C@H](C4CCCC4)CC3)CC2)cc1F. The Hall–Kier alpha value is -0.920. The van der Waals surface area contributed by atoms with Gasteiger partial charge in [0.1, 0.15) is 0 Å². The summed E-state index contributed by atoms with van der Waals surface area (Å²) >= 11 is 0. The van der Waals surface area contributed by atoms with Crippen LogP contribution in [0.5, 0.6) is 0 Å². The van der Waals surface area contributed by atoms with Gasteiger partial charge in [-0.25, -0.2) is 8.78 Å². The van der Waals surface area contributed by atoms with Crippen LogP contribution in [-0.2, 0) is 0 Å². The summed E-state index contributed by atoms with van der Waals surface area (Å²) in [7, 11) is 0. The quantitative estimate of drug-likeness (QED) is 0.541. The lowest BCUT2D eigenvalue weighted by Gasteiger charge is -2.39. The highest BCUT2D eigenvalue weighted by molar-refractivity contribution is 5.22. The molecule has 0 spiro atoms. The number of hydrogen-bond donors (Lipinski definition) is 0. The van der Waals surface area contributed by atoms with Crippen molar-refractivity contribution in [3.8, 4) is 0 Å². The van der Waals surface area contributed by atoms with Gasteiger partial charge in [0, 0.05) is 0 Å². The predicted octanol–water partition coefficient (Wildman–Crippen LogP) is 7.24. The first-order chi connectivity index (χ1) is 12.2. The topological polar surface area (TPSA) is 0 Å². The highest BCUT2D eigenvalue weighted by Crippen LogP contribution is 2.47. The zero-order valence-corrected chi connectivity index (χ0v) is 15.4. The van der Waals surface area contributed by atoms with Crippen LogP contribution in [0.4, 0.5) is 8.78 Å². The normalized spacial score (nSPS) is 34.3. The van der Waals surface area contributed by atoms with Gasteiger partial charge in [-0.15, -0.1) is 0 Å². The fraction of sp³-hybridized carbons (Fsp3) is 0.739. The lowest BCUT2D eigenvalue weighted by molar-refractivity contribution is 0.135. The van der Waals surface area contributed by atoms with Crippen LogP contribution in [0.2, 0.25) is 0 Å². The third-order valence-electron chi connectivity index (χ3n) is 7.74. The first kappa shape index (κ1) is 17.5. The van der Waals surface area contributed by atoms with E-state index in [0.29, 0.717) is 5.92 Å². The van der Waals surface area contributed by atoms with Crippen molar-refractivity contribution in [2.45, 2.75) is 83.0 Å². The van der Waals surface area contributed by atoms with Crippen molar-refractivity contribution < 1.29 is 8.78 Å². The van der Waals surface area contributed by atoms with E-state index in [1.165, 1.54) is 76.3 Å². The van der Waals surface area contributed by atoms with E-state index in [1.54, 1.807) is 6.07 Å². The number of hydrogen-bond acceptors (Lipinski definition) is 0. The maximum Gasteiger partial charge on any atom is 0.159 e. The molecule has 1 aromatic carbocycles. The lowest BCUT2D eigenvalue weighted by atomic mass is 9.66. The molecule has 3 aliphatic rings. The molecule has 0 unspecified atom stereocenters. The molecule has 3 saturated carbocycles. The van der Waals surface area contributed by atoms with Crippen LogP contribution in [0.1, 0.15) is 88.5 Å². The van der Waals surface area contributed by atoms with Gasteiger partial charge in [0.25, 0.3) is 0 Å². The summed E-state index contributed by atoms with van der Waals surface area (Å²) in [5.74, 6) is 2.90. The van der Waals surface area contributed by atoms with E-state index >= 15 is 0 Å². The molecule has 2 heteroatoms. The summed E-state index contributed by atoms with van der Waals surface area (Å²) < 4.78 is 26.6. The van der Waals surface area contributed by atoms with E-state index in [9.17, 15) is 8.78 Å². The van der Waals surface area contributed by atoms with E-state index in [1.807, 2.05) is 0 Å². The summed E-state index contributed by atoms with van der Waals surface area (Å²) in [6, 6.07) is 4.50. The Kier molecular flexibility index (Phi) is 5.43. The third kappa shape index (κ3) is 3.93. The van der Waals surface area contributed by atoms with E-state index < -0.39 is 11.6 Å². The second kappa shape index (κ2) is 7.76. The summed E-state index contributed by atoms with van der Waals surface area (Å²) in [5, 5.41) is 0. The van der Waals surface area contributed by atoms with Gasteiger partial charge in [0.05, 0.1) is 0 Å². The molecule has 4 rings (SSSR count). The molecule has 3 fully saturated rings. The number of halogens is 2. The Morgan fingerprint density at radius 1 is 0.560 bits per heavy atom. The first-order valence-electron chi connectivity index (χ1n) is 10.7. The molecule has 0 nitrogen and oxygen atoms in total. The van der Waals surface area contributed by atoms with Gasteiger partial charge < -0.3 is 0 Å². The predicted molar refractivity (Wildman–Crippen MR) is 98.5 cm³/mol. The van der Waals surface area contributed by atoms with Gasteiger partial charge in [0.15, 0.2) is 11.6 Å². The van der Waals surface area contributed by atoms with E-state index in [2.05, 4.69) is 0 Å². The Morgan fingerprint density at radius 3 is 1.56 bits per heavy atom. The van der Waals surface area contributed by atoms with Crippen molar-refractivity contribution in [1.29, 1.82) is 0 Å². The molecule has 3 aliphatic carbocycles. The molecule has 0 aliphatic heterocycles. The maximum atomic E-state index is 13.5. The van der Waals surface area contributed by atoms with Crippen molar-refractivity contribution in [3.05, 3.63) is 35.4 Å². The molecule has 1 aromatic rings. The number of rotatable bonds is 3. The van der Waals surface area contributed by atoms with Crippen molar-refractivity contribution in [2.24, 2.45) is 23.7 Å². The van der Waals surface area contributed by atoms with Crippen LogP contribution in [0.3, 0.4) is 0 Å². The fourth-order valence-corrected chi connectivity index (χ4v) is 6.21. The Balaban J connectivity index is 1.27. The van der Waals surface area contributed by atoms with E-state index in [4.69, 9.17) is 0 Å². The average Bonchev–Trinajstić information content (AvgIpc) is 3.19. The monoisotopic (exact) mass is 346 g/mol. The Labute approximate surface area is 151 Å².